The van der Waals surface area contributed by atoms with Gasteiger partial charge in [0.2, 0.25) is 0 Å². The Labute approximate surface area is 218 Å². The Morgan fingerprint density at radius 3 is 2.75 bits per heavy atom. The molecule has 8 heteroatoms. The number of nitro groups is 1. The van der Waals surface area contributed by atoms with Gasteiger partial charge in [0.15, 0.2) is 4.80 Å². The molecule has 1 aliphatic carbocycles. The number of rotatable bonds is 3. The van der Waals surface area contributed by atoms with Crippen molar-refractivity contribution in [3.63, 3.8) is 0 Å². The van der Waals surface area contributed by atoms with Crippen LogP contribution >= 0.6 is 27.3 Å². The van der Waals surface area contributed by atoms with Gasteiger partial charge in [-0.2, -0.15) is 0 Å². The molecular weight excluding hydrogens is 538 g/mol. The Kier molecular flexibility index (Phi) is 5.58. The first-order valence-corrected chi connectivity index (χ1v) is 13.2. The van der Waals surface area contributed by atoms with E-state index in [1.807, 2.05) is 49.4 Å². The van der Waals surface area contributed by atoms with E-state index in [4.69, 9.17) is 4.99 Å². The molecule has 2 heterocycles. The molecule has 0 saturated carbocycles. The van der Waals surface area contributed by atoms with Crippen LogP contribution in [0.15, 0.2) is 86.6 Å². The summed E-state index contributed by atoms with van der Waals surface area (Å²) in [5.74, 6) is 0. The number of allylic oxidation sites excluding steroid dienone is 1. The summed E-state index contributed by atoms with van der Waals surface area (Å²) in [6, 6.07) is 20.3. The van der Waals surface area contributed by atoms with Crippen molar-refractivity contribution in [3.05, 3.63) is 134 Å². The molecule has 4 aromatic rings. The number of hydrogen-bond donors (Lipinski definition) is 0. The molecule has 6 rings (SSSR count). The molecule has 2 aliphatic rings. The number of aryl methyl sites for hydroxylation is 2. The first-order chi connectivity index (χ1) is 17.4. The highest BCUT2D eigenvalue weighted by atomic mass is 79.9. The van der Waals surface area contributed by atoms with Crippen LogP contribution in [0.1, 0.15) is 40.3 Å². The quantitative estimate of drug-likeness (QED) is 0.253. The zero-order valence-electron chi connectivity index (χ0n) is 19.3. The largest absolute Gasteiger partial charge is 0.272 e. The zero-order chi connectivity index (χ0) is 25.0. The SMILES string of the molecule is Cc1ccc(C=c2sc3n(c2=O)C(c2cccc([N+](=O)[O-])c2)C2=C(N=3)c3ccccc3CC2)cc1Br. The number of non-ortho nitro benzene ring substituents is 1. The molecule has 0 amide bonds. The van der Waals surface area contributed by atoms with E-state index in [2.05, 4.69) is 28.1 Å². The molecule has 1 unspecified atom stereocenters. The Morgan fingerprint density at radius 2 is 1.94 bits per heavy atom. The standard InChI is InChI=1S/C28H20BrN3O3S/c1-16-9-10-17(13-23(16)29)14-24-27(33)31-26(19-6-4-7-20(15-19)32(34)35)22-12-11-18-5-2-3-8-21(18)25(22)30-28(31)36-24/h2-10,13-15,26H,11-12H2,1H3. The van der Waals surface area contributed by atoms with Crippen LogP contribution in [0.3, 0.4) is 0 Å². The van der Waals surface area contributed by atoms with Crippen molar-refractivity contribution in [1.29, 1.82) is 0 Å². The van der Waals surface area contributed by atoms with Gasteiger partial charge < -0.3 is 0 Å². The lowest BCUT2D eigenvalue weighted by atomic mass is 9.83. The molecule has 1 atom stereocenters. The molecule has 0 bridgehead atoms. The molecule has 178 valence electrons. The molecule has 0 saturated heterocycles. The topological polar surface area (TPSA) is 77.5 Å². The van der Waals surface area contributed by atoms with Crippen LogP contribution in [0.25, 0.3) is 11.8 Å². The van der Waals surface area contributed by atoms with E-state index in [9.17, 15) is 14.9 Å². The summed E-state index contributed by atoms with van der Waals surface area (Å²) >= 11 is 4.92. The van der Waals surface area contributed by atoms with Crippen molar-refractivity contribution in [2.24, 2.45) is 4.99 Å². The van der Waals surface area contributed by atoms with Crippen molar-refractivity contribution in [2.75, 3.05) is 0 Å². The number of nitro benzene ring substituents is 1. The van der Waals surface area contributed by atoms with Crippen LogP contribution < -0.4 is 14.9 Å². The Bertz CT molecular complexity index is 1780. The number of halogens is 1. The summed E-state index contributed by atoms with van der Waals surface area (Å²) in [4.78, 5) is 30.6. The fourth-order valence-electron chi connectivity index (χ4n) is 4.98. The second-order valence-corrected chi connectivity index (χ2v) is 10.8. The third-order valence-electron chi connectivity index (χ3n) is 6.76. The molecule has 1 aliphatic heterocycles. The Balaban J connectivity index is 1.62. The van der Waals surface area contributed by atoms with Crippen LogP contribution in [0.5, 0.6) is 0 Å². The van der Waals surface area contributed by atoms with Crippen molar-refractivity contribution < 1.29 is 4.92 Å². The van der Waals surface area contributed by atoms with Gasteiger partial charge in [-0.25, -0.2) is 4.99 Å². The molecular formula is C28H20BrN3O3S. The second kappa shape index (κ2) is 8.80. The lowest BCUT2D eigenvalue weighted by Crippen LogP contribution is -2.38. The molecule has 0 fully saturated rings. The van der Waals surface area contributed by atoms with Crippen LogP contribution in [0.2, 0.25) is 0 Å². The maximum absolute atomic E-state index is 13.8. The number of aromatic nitrogens is 1. The molecule has 36 heavy (non-hydrogen) atoms. The van der Waals surface area contributed by atoms with Gasteiger partial charge in [0.05, 0.1) is 21.2 Å². The van der Waals surface area contributed by atoms with Crippen LogP contribution in [-0.4, -0.2) is 9.49 Å². The number of fused-ring (bicyclic) bond motifs is 3. The smallest absolute Gasteiger partial charge is 0.271 e. The summed E-state index contributed by atoms with van der Waals surface area (Å²) < 4.78 is 3.27. The second-order valence-electron chi connectivity index (χ2n) is 8.97. The van der Waals surface area contributed by atoms with E-state index in [-0.39, 0.29) is 11.2 Å². The summed E-state index contributed by atoms with van der Waals surface area (Å²) in [7, 11) is 0. The van der Waals surface area contributed by atoms with Crippen LogP contribution in [0.4, 0.5) is 5.69 Å². The van der Waals surface area contributed by atoms with Gasteiger partial charge in [0.25, 0.3) is 11.2 Å². The van der Waals surface area contributed by atoms with Crippen molar-refractivity contribution in [2.45, 2.75) is 25.8 Å². The van der Waals surface area contributed by atoms with Crippen molar-refractivity contribution in [1.82, 2.24) is 4.57 Å². The summed E-state index contributed by atoms with van der Waals surface area (Å²) in [5, 5.41) is 11.6. The molecule has 0 radical (unpaired) electrons. The fourth-order valence-corrected chi connectivity index (χ4v) is 6.38. The van der Waals surface area contributed by atoms with E-state index in [1.54, 1.807) is 16.7 Å². The van der Waals surface area contributed by atoms with Gasteiger partial charge in [-0.05, 0) is 59.7 Å². The summed E-state index contributed by atoms with van der Waals surface area (Å²) in [6.07, 6.45) is 3.45. The Morgan fingerprint density at radius 1 is 1.11 bits per heavy atom. The van der Waals surface area contributed by atoms with Crippen LogP contribution in [0, 0.1) is 17.0 Å². The molecule has 3 aromatic carbocycles. The maximum atomic E-state index is 13.8. The first-order valence-electron chi connectivity index (χ1n) is 11.5. The number of hydrogen-bond acceptors (Lipinski definition) is 5. The highest BCUT2D eigenvalue weighted by Crippen LogP contribution is 2.41. The monoisotopic (exact) mass is 557 g/mol. The minimum Gasteiger partial charge on any atom is -0.272 e. The van der Waals surface area contributed by atoms with Gasteiger partial charge in [-0.15, -0.1) is 0 Å². The predicted octanol–water partition coefficient (Wildman–Crippen LogP) is 5.30. The Hall–Kier alpha value is -3.62. The first kappa shape index (κ1) is 22.8. The average molecular weight is 558 g/mol. The highest BCUT2D eigenvalue weighted by molar-refractivity contribution is 9.10. The molecule has 1 aromatic heterocycles. The van der Waals surface area contributed by atoms with Crippen molar-refractivity contribution in [3.8, 4) is 0 Å². The minimum absolute atomic E-state index is 0.00879. The summed E-state index contributed by atoms with van der Waals surface area (Å²) in [5.41, 5.74) is 6.80. The third-order valence-corrected chi connectivity index (χ3v) is 8.60. The lowest BCUT2D eigenvalue weighted by molar-refractivity contribution is -0.384. The molecule has 6 nitrogen and oxygen atoms in total. The average Bonchev–Trinajstić information content (AvgIpc) is 3.19. The maximum Gasteiger partial charge on any atom is 0.271 e. The van der Waals surface area contributed by atoms with Gasteiger partial charge in [0, 0.05) is 22.2 Å². The van der Waals surface area contributed by atoms with E-state index in [1.165, 1.54) is 23.0 Å². The molecule has 0 spiro atoms. The number of nitrogens with zero attached hydrogens (tertiary/aromatic N) is 3. The van der Waals surface area contributed by atoms with E-state index in [0.717, 1.165) is 50.8 Å². The van der Waals surface area contributed by atoms with Gasteiger partial charge in [-0.1, -0.05) is 75.8 Å². The highest BCUT2D eigenvalue weighted by Gasteiger charge is 2.33. The van der Waals surface area contributed by atoms with Gasteiger partial charge in [0.1, 0.15) is 0 Å². The summed E-state index contributed by atoms with van der Waals surface area (Å²) in [6.45, 7) is 2.02. The van der Waals surface area contributed by atoms with Gasteiger partial charge >= 0.3 is 0 Å². The third kappa shape index (κ3) is 3.77. The lowest BCUT2D eigenvalue weighted by Gasteiger charge is -2.30. The van der Waals surface area contributed by atoms with E-state index in [0.29, 0.717) is 9.33 Å². The predicted molar refractivity (Wildman–Crippen MR) is 145 cm³/mol. The van der Waals surface area contributed by atoms with E-state index < -0.39 is 11.0 Å². The molecule has 0 N–H and O–H groups in total. The normalized spacial score (nSPS) is 16.7. The van der Waals surface area contributed by atoms with E-state index >= 15 is 0 Å². The number of benzene rings is 3. The minimum atomic E-state index is -0.448. The van der Waals surface area contributed by atoms with Crippen molar-refractivity contribution >= 4 is 44.7 Å². The van der Waals surface area contributed by atoms with Gasteiger partial charge in [-0.3, -0.25) is 19.5 Å². The fraction of sp³-hybridized carbons (Fsp3) is 0.143. The number of thiazole rings is 1. The zero-order valence-corrected chi connectivity index (χ0v) is 21.7. The van der Waals surface area contributed by atoms with Crippen LogP contribution in [-0.2, 0) is 6.42 Å².